The van der Waals surface area contributed by atoms with Crippen LogP contribution in [0.2, 0.25) is 0 Å². The molecule has 1 aromatic heterocycles. The molecule has 24 heavy (non-hydrogen) atoms. The first-order valence-corrected chi connectivity index (χ1v) is 7.86. The van der Waals surface area contributed by atoms with Gasteiger partial charge in [-0.05, 0) is 43.2 Å². The van der Waals surface area contributed by atoms with Crippen LogP contribution in [-0.2, 0) is 9.59 Å². The smallest absolute Gasteiger partial charge is 0.294 e. The summed E-state index contributed by atoms with van der Waals surface area (Å²) in [4.78, 5) is 26.5. The van der Waals surface area contributed by atoms with E-state index in [2.05, 4.69) is 0 Å². The third kappa shape index (κ3) is 2.33. The number of aryl methyl sites for hydroxylation is 1. The molecule has 1 amide bonds. The number of hydrogen-bond donors (Lipinski definition) is 1. The van der Waals surface area contributed by atoms with Crippen molar-refractivity contribution in [3.05, 3.63) is 64.8 Å². The van der Waals surface area contributed by atoms with Crippen molar-refractivity contribution in [3.63, 3.8) is 0 Å². The Morgan fingerprint density at radius 2 is 2.00 bits per heavy atom. The lowest BCUT2D eigenvalue weighted by Crippen LogP contribution is -2.31. The Labute approximate surface area is 140 Å². The van der Waals surface area contributed by atoms with Gasteiger partial charge >= 0.3 is 0 Å². The van der Waals surface area contributed by atoms with Crippen LogP contribution in [0.5, 0.6) is 0 Å². The van der Waals surface area contributed by atoms with Gasteiger partial charge in [0.2, 0.25) is 0 Å². The topological polar surface area (TPSA) is 70.8 Å². The molecular weight excluding hydrogens is 306 g/mol. The Morgan fingerprint density at radius 3 is 2.62 bits per heavy atom. The third-order valence-electron chi connectivity index (χ3n) is 4.48. The van der Waals surface area contributed by atoms with Crippen LogP contribution in [0.4, 0.5) is 5.69 Å². The van der Waals surface area contributed by atoms with Crippen molar-refractivity contribution in [2.75, 3.05) is 4.90 Å². The van der Waals surface area contributed by atoms with Crippen molar-refractivity contribution in [2.24, 2.45) is 0 Å². The number of amides is 1. The van der Waals surface area contributed by atoms with Crippen LogP contribution in [0.1, 0.15) is 36.3 Å². The Balaban J connectivity index is 2.21. The fourth-order valence-electron chi connectivity index (χ4n) is 3.04. The molecule has 0 fully saturated rings. The van der Waals surface area contributed by atoms with E-state index < -0.39 is 17.7 Å². The van der Waals surface area contributed by atoms with Crippen LogP contribution in [0, 0.1) is 13.8 Å². The zero-order valence-corrected chi connectivity index (χ0v) is 13.9. The maximum Gasteiger partial charge on any atom is 0.294 e. The lowest BCUT2D eigenvalue weighted by molar-refractivity contribution is -0.118. The maximum atomic E-state index is 12.7. The molecule has 0 bridgehead atoms. The highest BCUT2D eigenvalue weighted by molar-refractivity contribution is 6.16. The molecule has 2 aromatic rings. The Bertz CT molecular complexity index is 833. The number of Topliss-reactive ketones (excluding diaryl/α,β-unsaturated/α-hetero) is 1. The average Bonchev–Trinajstić information content (AvgIpc) is 3.18. The molecule has 1 atom stereocenters. The molecule has 5 nitrogen and oxygen atoms in total. The second-order valence-corrected chi connectivity index (χ2v) is 5.85. The quantitative estimate of drug-likeness (QED) is 0.929. The van der Waals surface area contributed by atoms with Gasteiger partial charge in [0.1, 0.15) is 11.8 Å². The highest BCUT2D eigenvalue weighted by atomic mass is 16.3. The lowest BCUT2D eigenvalue weighted by atomic mass is 9.98. The molecule has 0 radical (unpaired) electrons. The SMILES string of the molecule is CCC(=O)C1=C(O)C(=O)N(c2cccc(C)c2C)C1c1ccco1. The first-order valence-electron chi connectivity index (χ1n) is 7.86. The number of nitrogens with zero attached hydrogens (tertiary/aromatic N) is 1. The van der Waals surface area contributed by atoms with Gasteiger partial charge in [-0.3, -0.25) is 14.5 Å². The summed E-state index contributed by atoms with van der Waals surface area (Å²) in [5.74, 6) is -0.897. The molecule has 0 saturated heterocycles. The molecule has 1 N–H and O–H groups in total. The molecule has 1 aliphatic rings. The van der Waals surface area contributed by atoms with Crippen molar-refractivity contribution >= 4 is 17.4 Å². The second kappa shape index (κ2) is 6.00. The van der Waals surface area contributed by atoms with Gasteiger partial charge in [0, 0.05) is 12.1 Å². The molecule has 0 spiro atoms. The number of hydrogen-bond acceptors (Lipinski definition) is 4. The summed E-state index contributed by atoms with van der Waals surface area (Å²) in [6.45, 7) is 5.56. The van der Waals surface area contributed by atoms with E-state index >= 15 is 0 Å². The maximum absolute atomic E-state index is 12.7. The molecule has 0 aliphatic carbocycles. The molecule has 1 unspecified atom stereocenters. The minimum atomic E-state index is -0.750. The van der Waals surface area contributed by atoms with Crippen molar-refractivity contribution in [3.8, 4) is 0 Å². The van der Waals surface area contributed by atoms with Crippen LogP contribution in [0.25, 0.3) is 0 Å². The molecular formula is C19H19NO4. The fourth-order valence-corrected chi connectivity index (χ4v) is 3.04. The van der Waals surface area contributed by atoms with E-state index in [1.54, 1.807) is 19.1 Å². The third-order valence-corrected chi connectivity index (χ3v) is 4.48. The van der Waals surface area contributed by atoms with E-state index in [1.165, 1.54) is 11.2 Å². The molecule has 5 heteroatoms. The van der Waals surface area contributed by atoms with Gasteiger partial charge in [-0.25, -0.2) is 0 Å². The number of aliphatic hydroxyl groups is 1. The normalized spacial score (nSPS) is 17.7. The van der Waals surface area contributed by atoms with Crippen molar-refractivity contribution in [2.45, 2.75) is 33.2 Å². The Hall–Kier alpha value is -2.82. The number of furan rings is 1. The highest BCUT2D eigenvalue weighted by Gasteiger charge is 2.45. The largest absolute Gasteiger partial charge is 0.503 e. The highest BCUT2D eigenvalue weighted by Crippen LogP contribution is 2.42. The van der Waals surface area contributed by atoms with Crippen LogP contribution in [0.3, 0.4) is 0 Å². The molecule has 124 valence electrons. The van der Waals surface area contributed by atoms with Gasteiger partial charge in [0.15, 0.2) is 11.5 Å². The van der Waals surface area contributed by atoms with E-state index in [1.807, 2.05) is 32.0 Å². The number of aliphatic hydroxyl groups excluding tert-OH is 1. The predicted molar refractivity (Wildman–Crippen MR) is 89.8 cm³/mol. The lowest BCUT2D eigenvalue weighted by Gasteiger charge is -2.27. The van der Waals surface area contributed by atoms with E-state index in [9.17, 15) is 14.7 Å². The van der Waals surface area contributed by atoms with Gasteiger partial charge < -0.3 is 9.52 Å². The number of benzene rings is 1. The summed E-state index contributed by atoms with van der Waals surface area (Å²) in [5, 5.41) is 10.3. The number of anilines is 1. The van der Waals surface area contributed by atoms with E-state index in [0.29, 0.717) is 11.4 Å². The van der Waals surface area contributed by atoms with Crippen LogP contribution >= 0.6 is 0 Å². The monoisotopic (exact) mass is 325 g/mol. The molecule has 3 rings (SSSR count). The van der Waals surface area contributed by atoms with Crippen LogP contribution < -0.4 is 4.90 Å². The van der Waals surface area contributed by atoms with Crippen LogP contribution in [0.15, 0.2) is 52.3 Å². The average molecular weight is 325 g/mol. The van der Waals surface area contributed by atoms with Gasteiger partial charge in [-0.15, -0.1) is 0 Å². The summed E-state index contributed by atoms with van der Waals surface area (Å²) in [5.41, 5.74) is 2.69. The van der Waals surface area contributed by atoms with Crippen LogP contribution in [-0.4, -0.2) is 16.8 Å². The molecule has 1 aromatic carbocycles. The van der Waals surface area contributed by atoms with Crippen molar-refractivity contribution in [1.82, 2.24) is 0 Å². The Morgan fingerprint density at radius 1 is 1.25 bits per heavy atom. The molecule has 1 aliphatic heterocycles. The Kier molecular flexibility index (Phi) is 4.01. The predicted octanol–water partition coefficient (Wildman–Crippen LogP) is 3.78. The summed E-state index contributed by atoms with van der Waals surface area (Å²) >= 11 is 0. The van der Waals surface area contributed by atoms with Crippen molar-refractivity contribution < 1.29 is 19.1 Å². The minimum Gasteiger partial charge on any atom is -0.503 e. The van der Waals surface area contributed by atoms with Gasteiger partial charge in [-0.2, -0.15) is 0 Å². The van der Waals surface area contributed by atoms with Gasteiger partial charge in [0.25, 0.3) is 5.91 Å². The zero-order valence-electron chi connectivity index (χ0n) is 13.9. The first kappa shape index (κ1) is 16.1. The van der Waals surface area contributed by atoms with Gasteiger partial charge in [0.05, 0.1) is 11.8 Å². The second-order valence-electron chi connectivity index (χ2n) is 5.85. The molecule has 0 saturated carbocycles. The minimum absolute atomic E-state index is 0.0957. The standard InChI is InChI=1S/C19H19NO4/c1-4-14(21)16-17(15-9-6-10-24-15)20(19(23)18(16)22)13-8-5-7-11(2)12(13)3/h5-10,17,22H,4H2,1-3H3. The van der Waals surface area contributed by atoms with E-state index in [-0.39, 0.29) is 17.8 Å². The summed E-state index contributed by atoms with van der Waals surface area (Å²) in [6, 6.07) is 8.26. The number of carbonyl (C=O) groups is 2. The van der Waals surface area contributed by atoms with E-state index in [0.717, 1.165) is 11.1 Å². The van der Waals surface area contributed by atoms with Crippen molar-refractivity contribution in [1.29, 1.82) is 0 Å². The number of ketones is 1. The summed E-state index contributed by atoms with van der Waals surface area (Å²) in [6.07, 6.45) is 1.69. The van der Waals surface area contributed by atoms with E-state index in [4.69, 9.17) is 4.42 Å². The summed E-state index contributed by atoms with van der Waals surface area (Å²) in [7, 11) is 0. The number of carbonyl (C=O) groups excluding carboxylic acids is 2. The van der Waals surface area contributed by atoms with Gasteiger partial charge in [-0.1, -0.05) is 19.1 Å². The zero-order chi connectivity index (χ0) is 17.4. The summed E-state index contributed by atoms with van der Waals surface area (Å²) < 4.78 is 5.47. The first-order chi connectivity index (χ1) is 11.5. The molecule has 2 heterocycles. The fraction of sp³-hybridized carbons (Fsp3) is 0.263. The number of rotatable bonds is 4.